The summed E-state index contributed by atoms with van der Waals surface area (Å²) in [4.78, 5) is 17.3. The molecule has 1 N–H and O–H groups in total. The van der Waals surface area contributed by atoms with Gasteiger partial charge in [0.25, 0.3) is 0 Å². The lowest BCUT2D eigenvalue weighted by Crippen LogP contribution is -2.30. The molecule has 6 heteroatoms. The van der Waals surface area contributed by atoms with Crippen LogP contribution in [0.25, 0.3) is 11.3 Å². The zero-order valence-corrected chi connectivity index (χ0v) is 13.3. The van der Waals surface area contributed by atoms with Crippen LogP contribution >= 0.6 is 22.9 Å². The monoisotopic (exact) mass is 324 g/mol. The van der Waals surface area contributed by atoms with Gasteiger partial charge in [-0.1, -0.05) is 36.7 Å². The third-order valence-electron chi connectivity index (χ3n) is 2.96. The van der Waals surface area contributed by atoms with Gasteiger partial charge in [-0.2, -0.15) is 0 Å². The highest BCUT2D eigenvalue weighted by atomic mass is 35.5. The van der Waals surface area contributed by atoms with Gasteiger partial charge in [-0.3, -0.25) is 9.69 Å². The van der Waals surface area contributed by atoms with Crippen LogP contribution in [0.2, 0.25) is 5.02 Å². The fraction of sp³-hybridized carbons (Fsp3) is 0.333. The van der Waals surface area contributed by atoms with Gasteiger partial charge in [0.2, 0.25) is 0 Å². The Kier molecular flexibility index (Phi) is 5.73. The first-order valence-electron chi connectivity index (χ1n) is 6.73. The fourth-order valence-corrected chi connectivity index (χ4v) is 3.16. The van der Waals surface area contributed by atoms with Crippen molar-refractivity contribution in [2.24, 2.45) is 0 Å². The number of carboxylic acid groups (broad SMARTS) is 1. The molecule has 0 aliphatic rings. The molecule has 0 atom stereocenters. The van der Waals surface area contributed by atoms with Crippen molar-refractivity contribution in [2.45, 2.75) is 19.9 Å². The molecule has 1 heterocycles. The molecule has 2 aromatic rings. The maximum absolute atomic E-state index is 10.9. The second-order valence-corrected chi connectivity index (χ2v) is 6.06. The van der Waals surface area contributed by atoms with E-state index in [2.05, 4.69) is 4.98 Å². The Labute approximate surface area is 133 Å². The Morgan fingerprint density at radius 2 is 2.19 bits per heavy atom. The number of hydrogen-bond donors (Lipinski definition) is 1. The molecule has 0 radical (unpaired) electrons. The van der Waals surface area contributed by atoms with Gasteiger partial charge in [-0.05, 0) is 19.0 Å². The van der Waals surface area contributed by atoms with Crippen molar-refractivity contribution in [3.05, 3.63) is 39.7 Å². The fourth-order valence-electron chi connectivity index (χ4n) is 2.09. The van der Waals surface area contributed by atoms with Crippen LogP contribution in [-0.2, 0) is 11.3 Å². The number of carboxylic acids is 1. The van der Waals surface area contributed by atoms with Crippen LogP contribution in [0.3, 0.4) is 0 Å². The van der Waals surface area contributed by atoms with Crippen molar-refractivity contribution in [3.63, 3.8) is 0 Å². The topological polar surface area (TPSA) is 53.4 Å². The summed E-state index contributed by atoms with van der Waals surface area (Å²) in [5.74, 6) is -0.814. The molecule has 0 bridgehead atoms. The number of carbonyl (C=O) groups is 1. The molecule has 21 heavy (non-hydrogen) atoms. The molecule has 0 saturated carbocycles. The van der Waals surface area contributed by atoms with E-state index in [9.17, 15) is 4.79 Å². The zero-order valence-electron chi connectivity index (χ0n) is 11.8. The Hall–Kier alpha value is -1.43. The van der Waals surface area contributed by atoms with E-state index in [4.69, 9.17) is 16.7 Å². The molecule has 0 unspecified atom stereocenters. The molecular weight excluding hydrogens is 308 g/mol. The number of nitrogens with zero attached hydrogens (tertiary/aromatic N) is 2. The largest absolute Gasteiger partial charge is 0.480 e. The molecule has 0 aliphatic carbocycles. The van der Waals surface area contributed by atoms with Crippen molar-refractivity contribution in [3.8, 4) is 11.3 Å². The highest BCUT2D eigenvalue weighted by Crippen LogP contribution is 2.28. The number of hydrogen-bond acceptors (Lipinski definition) is 4. The average Bonchev–Trinajstić information content (AvgIpc) is 2.87. The summed E-state index contributed by atoms with van der Waals surface area (Å²) >= 11 is 7.70. The van der Waals surface area contributed by atoms with Gasteiger partial charge < -0.3 is 5.11 Å². The van der Waals surface area contributed by atoms with E-state index in [1.165, 1.54) is 11.3 Å². The Morgan fingerprint density at radius 3 is 2.86 bits per heavy atom. The van der Waals surface area contributed by atoms with Gasteiger partial charge in [0.15, 0.2) is 0 Å². The SMILES string of the molecule is CCCN(CC(=O)O)Cc1nc(-c2ccccc2Cl)cs1. The van der Waals surface area contributed by atoms with Gasteiger partial charge in [-0.15, -0.1) is 11.3 Å². The normalized spacial score (nSPS) is 11.0. The Morgan fingerprint density at radius 1 is 1.43 bits per heavy atom. The number of thiazole rings is 1. The van der Waals surface area contributed by atoms with Gasteiger partial charge in [0.1, 0.15) is 5.01 Å². The number of aromatic nitrogens is 1. The van der Waals surface area contributed by atoms with Crippen molar-refractivity contribution >= 4 is 28.9 Å². The summed E-state index contributed by atoms with van der Waals surface area (Å²) in [5.41, 5.74) is 1.74. The van der Waals surface area contributed by atoms with E-state index < -0.39 is 5.97 Å². The zero-order chi connectivity index (χ0) is 15.2. The lowest BCUT2D eigenvalue weighted by atomic mass is 10.2. The van der Waals surface area contributed by atoms with Crippen LogP contribution in [0.15, 0.2) is 29.6 Å². The minimum atomic E-state index is -0.814. The molecule has 0 saturated heterocycles. The predicted molar refractivity (Wildman–Crippen MR) is 85.8 cm³/mol. The first-order valence-corrected chi connectivity index (χ1v) is 7.99. The highest BCUT2D eigenvalue weighted by Gasteiger charge is 2.13. The number of halogens is 1. The third kappa shape index (κ3) is 4.52. The molecule has 2 rings (SSSR count). The molecule has 4 nitrogen and oxygen atoms in total. The standard InChI is InChI=1S/C15H17ClN2O2S/c1-2-7-18(9-15(19)20)8-14-17-13(10-21-14)11-5-3-4-6-12(11)16/h3-6,10H,2,7-9H2,1H3,(H,19,20). The highest BCUT2D eigenvalue weighted by molar-refractivity contribution is 7.09. The summed E-state index contributed by atoms with van der Waals surface area (Å²) in [6.45, 7) is 3.36. The van der Waals surface area contributed by atoms with Gasteiger partial charge in [0.05, 0.1) is 18.8 Å². The Balaban J connectivity index is 2.12. The molecule has 0 amide bonds. The second-order valence-electron chi connectivity index (χ2n) is 4.71. The maximum Gasteiger partial charge on any atom is 0.317 e. The second kappa shape index (κ2) is 7.54. The third-order valence-corrected chi connectivity index (χ3v) is 4.12. The van der Waals surface area contributed by atoms with Crippen molar-refractivity contribution < 1.29 is 9.90 Å². The summed E-state index contributed by atoms with van der Waals surface area (Å²) in [6, 6.07) is 7.58. The van der Waals surface area contributed by atoms with E-state index in [0.717, 1.165) is 29.2 Å². The average molecular weight is 325 g/mol. The van der Waals surface area contributed by atoms with Crippen LogP contribution < -0.4 is 0 Å². The molecule has 1 aromatic carbocycles. The lowest BCUT2D eigenvalue weighted by molar-refractivity contribution is -0.138. The minimum Gasteiger partial charge on any atom is -0.480 e. The maximum atomic E-state index is 10.9. The van der Waals surface area contributed by atoms with Crippen LogP contribution in [0, 0.1) is 0 Å². The summed E-state index contributed by atoms with van der Waals surface area (Å²) in [5, 5.41) is 12.5. The number of aliphatic carboxylic acids is 1. The van der Waals surface area contributed by atoms with E-state index >= 15 is 0 Å². The Bertz CT molecular complexity index is 615. The minimum absolute atomic E-state index is 0.0366. The van der Waals surface area contributed by atoms with Gasteiger partial charge in [0, 0.05) is 16.0 Å². The van der Waals surface area contributed by atoms with Crippen LogP contribution in [0.1, 0.15) is 18.4 Å². The van der Waals surface area contributed by atoms with Crippen molar-refractivity contribution in [1.29, 1.82) is 0 Å². The molecule has 0 spiro atoms. The summed E-state index contributed by atoms with van der Waals surface area (Å²) in [6.07, 6.45) is 0.913. The number of rotatable bonds is 7. The lowest BCUT2D eigenvalue weighted by Gasteiger charge is -2.17. The van der Waals surface area contributed by atoms with Crippen molar-refractivity contribution in [2.75, 3.05) is 13.1 Å². The molecule has 0 fully saturated rings. The van der Waals surface area contributed by atoms with Crippen LogP contribution in [0.4, 0.5) is 0 Å². The summed E-state index contributed by atoms with van der Waals surface area (Å²) in [7, 11) is 0. The first-order chi connectivity index (χ1) is 10.1. The molecule has 1 aromatic heterocycles. The van der Waals surface area contributed by atoms with Gasteiger partial charge in [-0.25, -0.2) is 4.98 Å². The van der Waals surface area contributed by atoms with Crippen LogP contribution in [-0.4, -0.2) is 34.0 Å². The van der Waals surface area contributed by atoms with Gasteiger partial charge >= 0.3 is 5.97 Å². The quantitative estimate of drug-likeness (QED) is 0.842. The van der Waals surface area contributed by atoms with E-state index in [1.54, 1.807) is 0 Å². The number of benzene rings is 1. The molecular formula is C15H17ClN2O2S. The van der Waals surface area contributed by atoms with E-state index in [-0.39, 0.29) is 6.54 Å². The van der Waals surface area contributed by atoms with Crippen LogP contribution in [0.5, 0.6) is 0 Å². The summed E-state index contributed by atoms with van der Waals surface area (Å²) < 4.78 is 0. The van der Waals surface area contributed by atoms with E-state index in [1.807, 2.05) is 41.5 Å². The smallest absolute Gasteiger partial charge is 0.317 e. The molecule has 112 valence electrons. The van der Waals surface area contributed by atoms with E-state index in [0.29, 0.717) is 11.6 Å². The first kappa shape index (κ1) is 15.9. The molecule has 0 aliphatic heterocycles. The predicted octanol–water partition coefficient (Wildman–Crippen LogP) is 3.76. The van der Waals surface area contributed by atoms with Crippen molar-refractivity contribution in [1.82, 2.24) is 9.88 Å².